The van der Waals surface area contributed by atoms with E-state index in [2.05, 4.69) is 204 Å². The molecule has 0 saturated carbocycles. The number of aromatic nitrogens is 6. The highest BCUT2D eigenvalue weighted by molar-refractivity contribution is 6.01. The highest BCUT2D eigenvalue weighted by atomic mass is 15.5. The summed E-state index contributed by atoms with van der Waals surface area (Å²) in [5, 5.41) is 24.1. The maximum atomic E-state index is 4.90. The van der Waals surface area contributed by atoms with Crippen LogP contribution in [0.3, 0.4) is 0 Å². The van der Waals surface area contributed by atoms with Crippen molar-refractivity contribution in [3.8, 4) is 33.6 Å². The lowest BCUT2D eigenvalue weighted by molar-refractivity contribution is 0.765. The van der Waals surface area contributed by atoms with E-state index in [1.54, 1.807) is 9.59 Å². The zero-order chi connectivity index (χ0) is 46.4. The molecule has 8 nitrogen and oxygen atoms in total. The lowest BCUT2D eigenvalue weighted by Gasteiger charge is -2.27. The Morgan fingerprint density at radius 2 is 0.586 bits per heavy atom. The molecule has 0 unspecified atom stereocenters. The molecule has 0 radical (unpaired) electrons. The minimum absolute atomic E-state index is 0.822. The van der Waals surface area contributed by atoms with Crippen molar-refractivity contribution in [1.29, 1.82) is 0 Å². The summed E-state index contributed by atoms with van der Waals surface area (Å²) >= 11 is 0. The fraction of sp³-hybridized carbons (Fsp3) is 0. The Labute approximate surface area is 404 Å². The van der Waals surface area contributed by atoms with Gasteiger partial charge in [0.25, 0.3) is 0 Å². The summed E-state index contributed by atoms with van der Waals surface area (Å²) in [6.07, 6.45) is 0. The van der Waals surface area contributed by atoms with Crippen molar-refractivity contribution in [3.63, 3.8) is 0 Å². The van der Waals surface area contributed by atoms with E-state index in [4.69, 9.17) is 20.4 Å². The molecular formula is C62H42N8. The van der Waals surface area contributed by atoms with Crippen LogP contribution in [0.4, 0.5) is 34.1 Å². The second-order valence-electron chi connectivity index (χ2n) is 17.3. The summed E-state index contributed by atoms with van der Waals surface area (Å²) in [6, 6.07) is 89.3. The quantitative estimate of drug-likeness (QED) is 0.136. The molecule has 2 heterocycles. The molecule has 0 aliphatic carbocycles. The number of hydrogen-bond acceptors (Lipinski definition) is 6. The fourth-order valence-corrected chi connectivity index (χ4v) is 9.56. The van der Waals surface area contributed by atoms with Gasteiger partial charge in [0.15, 0.2) is 0 Å². The Morgan fingerprint density at radius 3 is 1.00 bits per heavy atom. The summed E-state index contributed by atoms with van der Waals surface area (Å²) < 4.78 is 0. The summed E-state index contributed by atoms with van der Waals surface area (Å²) in [5.41, 5.74) is 16.0. The van der Waals surface area contributed by atoms with E-state index in [1.807, 2.05) is 60.7 Å². The van der Waals surface area contributed by atoms with Crippen molar-refractivity contribution < 1.29 is 0 Å². The van der Waals surface area contributed by atoms with Crippen molar-refractivity contribution in [2.75, 3.05) is 9.80 Å². The summed E-state index contributed by atoms with van der Waals surface area (Å²) in [5.74, 6) is 0. The highest BCUT2D eigenvalue weighted by Gasteiger charge is 2.20. The first-order valence-corrected chi connectivity index (χ1v) is 23.4. The number of hydrogen-bond donors (Lipinski definition) is 0. The zero-order valence-corrected chi connectivity index (χ0v) is 37.8. The molecule has 13 rings (SSSR count). The maximum absolute atomic E-state index is 4.90. The summed E-state index contributed by atoms with van der Waals surface area (Å²) in [4.78, 5) is 8.04. The molecule has 0 atom stereocenters. The third-order valence-electron chi connectivity index (χ3n) is 13.0. The molecule has 0 N–H and O–H groups in total. The Balaban J connectivity index is 0.809. The third-order valence-corrected chi connectivity index (χ3v) is 13.0. The fourth-order valence-electron chi connectivity index (χ4n) is 9.56. The van der Waals surface area contributed by atoms with Gasteiger partial charge in [0.05, 0.1) is 22.7 Å². The molecule has 0 spiro atoms. The first-order valence-electron chi connectivity index (χ1n) is 23.4. The minimum Gasteiger partial charge on any atom is -0.310 e. The highest BCUT2D eigenvalue weighted by Crippen LogP contribution is 2.42. The maximum Gasteiger partial charge on any atom is 0.115 e. The van der Waals surface area contributed by atoms with E-state index in [0.717, 1.165) is 101 Å². The monoisotopic (exact) mass is 898 g/mol. The number of nitrogens with zero attached hydrogens (tertiary/aromatic N) is 8. The number of fused-ring (bicyclic) bond motifs is 4. The van der Waals surface area contributed by atoms with Crippen LogP contribution in [0.1, 0.15) is 0 Å². The van der Waals surface area contributed by atoms with Gasteiger partial charge in [-0.1, -0.05) is 158 Å². The van der Waals surface area contributed by atoms with Gasteiger partial charge in [-0.3, -0.25) is 0 Å². The smallest absolute Gasteiger partial charge is 0.115 e. The predicted molar refractivity (Wildman–Crippen MR) is 287 cm³/mol. The van der Waals surface area contributed by atoms with E-state index >= 15 is 0 Å². The lowest BCUT2D eigenvalue weighted by Crippen LogP contribution is -2.10. The normalized spacial score (nSPS) is 11.4. The van der Waals surface area contributed by atoms with Crippen LogP contribution >= 0.6 is 0 Å². The van der Waals surface area contributed by atoms with Gasteiger partial charge in [-0.05, 0) is 130 Å². The number of rotatable bonds is 10. The average Bonchev–Trinajstić information content (AvgIpc) is 4.07. The molecule has 0 aliphatic heterocycles. The van der Waals surface area contributed by atoms with Gasteiger partial charge in [0, 0.05) is 33.5 Å². The van der Waals surface area contributed by atoms with Crippen LogP contribution in [-0.4, -0.2) is 30.0 Å². The van der Waals surface area contributed by atoms with Crippen LogP contribution in [0.5, 0.6) is 0 Å². The van der Waals surface area contributed by atoms with Crippen LogP contribution in [0.25, 0.3) is 77.2 Å². The first kappa shape index (κ1) is 40.6. The van der Waals surface area contributed by atoms with Gasteiger partial charge in [0.2, 0.25) is 0 Å². The summed E-state index contributed by atoms with van der Waals surface area (Å²) in [6.45, 7) is 0. The molecule has 11 aromatic carbocycles. The molecular weight excluding hydrogens is 857 g/mol. The molecule has 0 amide bonds. The van der Waals surface area contributed by atoms with Crippen molar-refractivity contribution in [3.05, 3.63) is 255 Å². The van der Waals surface area contributed by atoms with Crippen LogP contribution in [0.2, 0.25) is 0 Å². The largest absolute Gasteiger partial charge is 0.310 e. The Morgan fingerprint density at radius 1 is 0.257 bits per heavy atom. The molecule has 0 fully saturated rings. The second-order valence-corrected chi connectivity index (χ2v) is 17.3. The molecule has 330 valence electrons. The van der Waals surface area contributed by atoms with Crippen LogP contribution in [0, 0.1) is 0 Å². The van der Waals surface area contributed by atoms with Crippen molar-refractivity contribution in [2.24, 2.45) is 0 Å². The molecule has 2 aromatic heterocycles. The predicted octanol–water partition coefficient (Wildman–Crippen LogP) is 15.7. The first-order chi connectivity index (χ1) is 34.7. The van der Waals surface area contributed by atoms with Crippen molar-refractivity contribution >= 4 is 77.7 Å². The minimum atomic E-state index is 0.822. The van der Waals surface area contributed by atoms with Crippen LogP contribution in [0.15, 0.2) is 255 Å². The van der Waals surface area contributed by atoms with Crippen LogP contribution in [-0.2, 0) is 0 Å². The van der Waals surface area contributed by atoms with Crippen molar-refractivity contribution in [1.82, 2.24) is 30.0 Å². The number of anilines is 6. The van der Waals surface area contributed by atoms with Gasteiger partial charge < -0.3 is 9.80 Å². The molecule has 8 heteroatoms. The third kappa shape index (κ3) is 7.46. The molecule has 13 aromatic rings. The van der Waals surface area contributed by atoms with Gasteiger partial charge in [0.1, 0.15) is 22.1 Å². The van der Waals surface area contributed by atoms with Gasteiger partial charge >= 0.3 is 0 Å². The molecule has 70 heavy (non-hydrogen) atoms. The summed E-state index contributed by atoms with van der Waals surface area (Å²) in [7, 11) is 0. The lowest BCUT2D eigenvalue weighted by atomic mass is 9.99. The molecule has 0 saturated heterocycles. The van der Waals surface area contributed by atoms with E-state index in [-0.39, 0.29) is 0 Å². The number of benzene rings is 11. The average molecular weight is 899 g/mol. The SMILES string of the molecule is c1ccc(-n2nc3ccc(N(c4ccc(-c5ccc(-c6ccc(N(c7ccc8nn(-c9ccccc9)nc8c7)c7cccc8ccccc78)cc6)cc5)cc4)c4cccc5ccccc45)cc3n2)cc1. The van der Waals surface area contributed by atoms with E-state index in [1.165, 1.54) is 10.8 Å². The topological polar surface area (TPSA) is 67.9 Å². The van der Waals surface area contributed by atoms with Crippen molar-refractivity contribution in [2.45, 2.75) is 0 Å². The van der Waals surface area contributed by atoms with E-state index in [9.17, 15) is 0 Å². The Bertz CT molecular complexity index is 3720. The standard InChI is InChI=1S/C62H42N8/c1-3-17-51(18-4-1)69-63-57-39-37-53(41-59(57)65-69)67(61-23-11-15-47-13-7-9-21-55(47)61)49-33-29-45(30-34-49)43-25-27-44(28-26-43)46-31-35-50(36-32-46)68(62-24-12-16-48-14-8-10-22-56(48)62)54-38-40-58-60(42-54)66-70(64-58)52-19-5-2-6-20-52/h1-42H. The number of para-hydroxylation sites is 2. The zero-order valence-electron chi connectivity index (χ0n) is 37.8. The van der Waals surface area contributed by atoms with E-state index in [0.29, 0.717) is 0 Å². The molecule has 0 aliphatic rings. The second kappa shape index (κ2) is 17.2. The van der Waals surface area contributed by atoms with E-state index < -0.39 is 0 Å². The van der Waals surface area contributed by atoms with Gasteiger partial charge in [-0.2, -0.15) is 9.59 Å². The Hall–Kier alpha value is -9.66. The van der Waals surface area contributed by atoms with Crippen LogP contribution < -0.4 is 9.80 Å². The molecule has 0 bridgehead atoms. The van der Waals surface area contributed by atoms with Gasteiger partial charge in [-0.15, -0.1) is 20.4 Å². The Kier molecular flexibility index (Phi) is 9.98. The van der Waals surface area contributed by atoms with Gasteiger partial charge in [-0.25, -0.2) is 0 Å².